The molecule has 0 fully saturated rings. The number of hydrogen-bond donors (Lipinski definition) is 1. The first kappa shape index (κ1) is 13.4. The van der Waals surface area contributed by atoms with Gasteiger partial charge < -0.3 is 15.2 Å². The molecule has 0 spiro atoms. The number of rotatable bonds is 6. The van der Waals surface area contributed by atoms with Gasteiger partial charge in [-0.2, -0.15) is 0 Å². The van der Waals surface area contributed by atoms with Crippen LogP contribution < -0.4 is 15.2 Å². The van der Waals surface area contributed by atoms with E-state index in [0.29, 0.717) is 13.2 Å². The zero-order valence-corrected chi connectivity index (χ0v) is 11.1. The van der Waals surface area contributed by atoms with Crippen molar-refractivity contribution < 1.29 is 9.47 Å². The van der Waals surface area contributed by atoms with Crippen LogP contribution >= 0.6 is 0 Å². The molecule has 2 aromatic carbocycles. The van der Waals surface area contributed by atoms with Crippen LogP contribution in [0.25, 0.3) is 0 Å². The summed E-state index contributed by atoms with van der Waals surface area (Å²) in [5, 5.41) is 0. The zero-order valence-electron chi connectivity index (χ0n) is 11.1. The van der Waals surface area contributed by atoms with E-state index in [1.807, 2.05) is 49.4 Å². The molecule has 0 atom stereocenters. The molecule has 2 aromatic rings. The van der Waals surface area contributed by atoms with Crippen LogP contribution in [0.3, 0.4) is 0 Å². The topological polar surface area (TPSA) is 44.5 Å². The summed E-state index contributed by atoms with van der Waals surface area (Å²) in [4.78, 5) is 0. The molecule has 3 heteroatoms. The van der Waals surface area contributed by atoms with Crippen LogP contribution in [0.5, 0.6) is 17.2 Å². The molecule has 0 unspecified atom stereocenters. The van der Waals surface area contributed by atoms with Crippen molar-refractivity contribution in [3.8, 4) is 17.2 Å². The molecule has 100 valence electrons. The SMILES string of the molecule is CCOc1ccc(Oc2cccc(CCN)c2)cc1. The number of hydrogen-bond acceptors (Lipinski definition) is 3. The molecule has 0 radical (unpaired) electrons. The summed E-state index contributed by atoms with van der Waals surface area (Å²) in [5.74, 6) is 2.48. The van der Waals surface area contributed by atoms with Crippen molar-refractivity contribution in [3.63, 3.8) is 0 Å². The van der Waals surface area contributed by atoms with Gasteiger partial charge in [0, 0.05) is 0 Å². The Hall–Kier alpha value is -2.00. The Morgan fingerprint density at radius 2 is 1.68 bits per heavy atom. The van der Waals surface area contributed by atoms with E-state index in [1.54, 1.807) is 0 Å². The van der Waals surface area contributed by atoms with Gasteiger partial charge in [0.25, 0.3) is 0 Å². The summed E-state index contributed by atoms with van der Waals surface area (Å²) in [5.41, 5.74) is 6.74. The van der Waals surface area contributed by atoms with Crippen molar-refractivity contribution in [1.82, 2.24) is 0 Å². The van der Waals surface area contributed by atoms with Crippen molar-refractivity contribution in [2.75, 3.05) is 13.2 Å². The third kappa shape index (κ3) is 4.00. The minimum absolute atomic E-state index is 0.645. The molecule has 0 aliphatic carbocycles. The van der Waals surface area contributed by atoms with Gasteiger partial charge in [0.1, 0.15) is 17.2 Å². The largest absolute Gasteiger partial charge is 0.494 e. The smallest absolute Gasteiger partial charge is 0.127 e. The quantitative estimate of drug-likeness (QED) is 0.862. The predicted molar refractivity (Wildman–Crippen MR) is 76.9 cm³/mol. The van der Waals surface area contributed by atoms with Crippen LogP contribution in [-0.2, 0) is 6.42 Å². The summed E-state index contributed by atoms with van der Waals surface area (Å²) in [6.45, 7) is 3.28. The predicted octanol–water partition coefficient (Wildman–Crippen LogP) is 3.38. The van der Waals surface area contributed by atoms with E-state index < -0.39 is 0 Å². The second kappa shape index (κ2) is 6.81. The lowest BCUT2D eigenvalue weighted by Gasteiger charge is -2.08. The lowest BCUT2D eigenvalue weighted by molar-refractivity contribution is 0.339. The maximum Gasteiger partial charge on any atom is 0.127 e. The molecule has 2 N–H and O–H groups in total. The highest BCUT2D eigenvalue weighted by molar-refractivity contribution is 5.36. The second-order valence-corrected chi connectivity index (χ2v) is 4.19. The van der Waals surface area contributed by atoms with Gasteiger partial charge in [-0.15, -0.1) is 0 Å². The summed E-state index contributed by atoms with van der Waals surface area (Å²) < 4.78 is 11.2. The number of benzene rings is 2. The molecule has 19 heavy (non-hydrogen) atoms. The summed E-state index contributed by atoms with van der Waals surface area (Å²) in [7, 11) is 0. The average Bonchev–Trinajstić information content (AvgIpc) is 2.42. The van der Waals surface area contributed by atoms with Crippen LogP contribution in [0.4, 0.5) is 0 Å². The van der Waals surface area contributed by atoms with Gasteiger partial charge in [-0.3, -0.25) is 0 Å². The van der Waals surface area contributed by atoms with Crippen LogP contribution in [0, 0.1) is 0 Å². The van der Waals surface area contributed by atoms with E-state index in [4.69, 9.17) is 15.2 Å². The fourth-order valence-electron chi connectivity index (χ4n) is 1.84. The Labute approximate surface area is 114 Å². The lowest BCUT2D eigenvalue weighted by atomic mass is 10.1. The van der Waals surface area contributed by atoms with Gasteiger partial charge in [-0.05, 0) is 61.9 Å². The van der Waals surface area contributed by atoms with E-state index in [0.717, 1.165) is 23.7 Å². The molecular weight excluding hydrogens is 238 g/mol. The molecule has 0 aliphatic rings. The van der Waals surface area contributed by atoms with Gasteiger partial charge in [0.15, 0.2) is 0 Å². The van der Waals surface area contributed by atoms with Gasteiger partial charge in [-0.25, -0.2) is 0 Å². The first-order chi connectivity index (χ1) is 9.31. The maximum atomic E-state index is 5.80. The van der Waals surface area contributed by atoms with Crippen LogP contribution in [0.15, 0.2) is 48.5 Å². The fourth-order valence-corrected chi connectivity index (χ4v) is 1.84. The molecule has 0 saturated heterocycles. The monoisotopic (exact) mass is 257 g/mol. The van der Waals surface area contributed by atoms with E-state index in [2.05, 4.69) is 6.07 Å². The Morgan fingerprint density at radius 3 is 2.37 bits per heavy atom. The molecule has 0 saturated carbocycles. The van der Waals surface area contributed by atoms with Gasteiger partial charge in [0.2, 0.25) is 0 Å². The highest BCUT2D eigenvalue weighted by atomic mass is 16.5. The minimum atomic E-state index is 0.645. The lowest BCUT2D eigenvalue weighted by Crippen LogP contribution is -2.02. The Morgan fingerprint density at radius 1 is 0.947 bits per heavy atom. The van der Waals surface area contributed by atoms with Gasteiger partial charge in [0.05, 0.1) is 6.61 Å². The molecule has 2 rings (SSSR count). The molecule has 0 aromatic heterocycles. The second-order valence-electron chi connectivity index (χ2n) is 4.19. The average molecular weight is 257 g/mol. The molecular formula is C16H19NO2. The molecule has 3 nitrogen and oxygen atoms in total. The Kier molecular flexibility index (Phi) is 4.81. The normalized spacial score (nSPS) is 10.2. The van der Waals surface area contributed by atoms with Crippen molar-refractivity contribution in [2.45, 2.75) is 13.3 Å². The number of nitrogens with two attached hydrogens (primary N) is 1. The van der Waals surface area contributed by atoms with E-state index in [9.17, 15) is 0 Å². The minimum Gasteiger partial charge on any atom is -0.494 e. The molecule has 0 bridgehead atoms. The van der Waals surface area contributed by atoms with Crippen molar-refractivity contribution in [3.05, 3.63) is 54.1 Å². The van der Waals surface area contributed by atoms with Crippen molar-refractivity contribution in [1.29, 1.82) is 0 Å². The summed E-state index contributed by atoms with van der Waals surface area (Å²) >= 11 is 0. The van der Waals surface area contributed by atoms with Crippen molar-refractivity contribution >= 4 is 0 Å². The Balaban J connectivity index is 2.05. The van der Waals surface area contributed by atoms with Gasteiger partial charge >= 0.3 is 0 Å². The first-order valence-electron chi connectivity index (χ1n) is 6.51. The van der Waals surface area contributed by atoms with E-state index in [1.165, 1.54) is 5.56 Å². The van der Waals surface area contributed by atoms with Crippen LogP contribution in [0.1, 0.15) is 12.5 Å². The standard InChI is InChI=1S/C16H19NO2/c1-2-18-14-6-8-15(9-7-14)19-16-5-3-4-13(12-16)10-11-17/h3-9,12H,2,10-11,17H2,1H3. The number of ether oxygens (including phenoxy) is 2. The third-order valence-electron chi connectivity index (χ3n) is 2.70. The zero-order chi connectivity index (χ0) is 13.5. The van der Waals surface area contributed by atoms with E-state index >= 15 is 0 Å². The Bertz CT molecular complexity index is 508. The van der Waals surface area contributed by atoms with Crippen LogP contribution in [-0.4, -0.2) is 13.2 Å². The summed E-state index contributed by atoms with van der Waals surface area (Å²) in [6.07, 6.45) is 0.862. The van der Waals surface area contributed by atoms with Crippen LogP contribution in [0.2, 0.25) is 0 Å². The molecule has 0 heterocycles. The maximum absolute atomic E-state index is 5.80. The first-order valence-corrected chi connectivity index (χ1v) is 6.51. The fraction of sp³-hybridized carbons (Fsp3) is 0.250. The van der Waals surface area contributed by atoms with Gasteiger partial charge in [-0.1, -0.05) is 12.1 Å². The molecule has 0 amide bonds. The highest BCUT2D eigenvalue weighted by Gasteiger charge is 2.00. The highest BCUT2D eigenvalue weighted by Crippen LogP contribution is 2.24. The summed E-state index contributed by atoms with van der Waals surface area (Å²) in [6, 6.07) is 15.6. The molecule has 0 aliphatic heterocycles. The van der Waals surface area contributed by atoms with Crippen molar-refractivity contribution in [2.24, 2.45) is 5.73 Å². The van der Waals surface area contributed by atoms with E-state index in [-0.39, 0.29) is 0 Å². The third-order valence-corrected chi connectivity index (χ3v) is 2.70.